The molecule has 1 fully saturated rings. The third-order valence-electron chi connectivity index (χ3n) is 2.79. The molecule has 1 N–H and O–H groups in total. The Balaban J connectivity index is 2.32. The molecule has 8 heteroatoms. The van der Waals surface area contributed by atoms with Gasteiger partial charge in [-0.05, 0) is 19.9 Å². The highest BCUT2D eigenvalue weighted by Gasteiger charge is 2.44. The van der Waals surface area contributed by atoms with Crippen molar-refractivity contribution in [3.8, 4) is 0 Å². The average Bonchev–Trinajstić information content (AvgIpc) is 2.64. The molecule has 0 unspecified atom stereocenters. The number of halogens is 1. The summed E-state index contributed by atoms with van der Waals surface area (Å²) in [6, 6.07) is 5.95. The molecule has 0 amide bonds. The maximum Gasteiger partial charge on any atom is 0.337 e. The largest absolute Gasteiger partial charge is 0.338 e. The first-order valence-electron chi connectivity index (χ1n) is 5.92. The third-order valence-corrected chi connectivity index (χ3v) is 3.75. The van der Waals surface area contributed by atoms with Crippen molar-refractivity contribution >= 4 is 10.3 Å². The van der Waals surface area contributed by atoms with E-state index < -0.39 is 34.2 Å². The maximum atomic E-state index is 13.8. The Morgan fingerprint density at radius 3 is 2.55 bits per heavy atom. The van der Waals surface area contributed by atoms with Gasteiger partial charge in [0.1, 0.15) is 11.9 Å². The first-order chi connectivity index (χ1) is 9.24. The van der Waals surface area contributed by atoms with Gasteiger partial charge in [-0.15, -0.1) is 0 Å². The van der Waals surface area contributed by atoms with Crippen LogP contribution in [0.15, 0.2) is 24.3 Å². The summed E-state index contributed by atoms with van der Waals surface area (Å²) in [6.45, 7) is 3.23. The number of rotatable bonds is 4. The Kier molecular flexibility index (Phi) is 4.12. The van der Waals surface area contributed by atoms with Gasteiger partial charge in [0.2, 0.25) is 0 Å². The third kappa shape index (κ3) is 3.33. The van der Waals surface area contributed by atoms with Gasteiger partial charge in [0, 0.05) is 5.56 Å². The van der Waals surface area contributed by atoms with Crippen LogP contribution in [0.4, 0.5) is 4.39 Å². The average molecular weight is 305 g/mol. The number of benzene rings is 1. The topological polar surface area (TPSA) is 73.9 Å². The highest BCUT2D eigenvalue weighted by atomic mass is 32.2. The predicted molar refractivity (Wildman–Crippen MR) is 68.2 cm³/mol. The van der Waals surface area contributed by atoms with Gasteiger partial charge in [-0.3, -0.25) is 4.18 Å². The van der Waals surface area contributed by atoms with E-state index in [1.54, 1.807) is 19.9 Å². The molecule has 1 heterocycles. The van der Waals surface area contributed by atoms with Crippen LogP contribution in [0.2, 0.25) is 0 Å². The molecule has 1 aromatic rings. The number of ether oxygens (including phenoxy) is 2. The molecule has 2 rings (SSSR count). The number of hydrogen-bond acceptors (Lipinski definition) is 5. The molecular weight excluding hydrogens is 289 g/mol. The molecule has 20 heavy (non-hydrogen) atoms. The molecule has 0 bridgehead atoms. The lowest BCUT2D eigenvalue weighted by Gasteiger charge is -2.18. The molecule has 1 aliphatic heterocycles. The zero-order valence-corrected chi connectivity index (χ0v) is 12.1. The SMILES string of the molecule is COS(=O)(=O)N[C@@H]1OC(C)(C)O[C@@H]1c1ccccc1F. The summed E-state index contributed by atoms with van der Waals surface area (Å²) >= 11 is 0. The summed E-state index contributed by atoms with van der Waals surface area (Å²) in [5.74, 6) is -1.55. The minimum absolute atomic E-state index is 0.210. The van der Waals surface area contributed by atoms with Crippen LogP contribution in [0.25, 0.3) is 0 Å². The van der Waals surface area contributed by atoms with E-state index in [2.05, 4.69) is 8.91 Å². The van der Waals surface area contributed by atoms with Crippen LogP contribution in [0.1, 0.15) is 25.5 Å². The minimum Gasteiger partial charge on any atom is -0.338 e. The summed E-state index contributed by atoms with van der Waals surface area (Å²) < 4.78 is 54.3. The molecule has 1 saturated heterocycles. The molecule has 0 radical (unpaired) electrons. The number of nitrogens with one attached hydrogen (secondary N) is 1. The molecule has 1 aliphatic rings. The van der Waals surface area contributed by atoms with E-state index >= 15 is 0 Å². The fourth-order valence-electron chi connectivity index (χ4n) is 1.97. The van der Waals surface area contributed by atoms with Crippen LogP contribution in [-0.4, -0.2) is 27.5 Å². The van der Waals surface area contributed by atoms with Crippen LogP contribution in [0.3, 0.4) is 0 Å². The van der Waals surface area contributed by atoms with Crippen LogP contribution < -0.4 is 4.72 Å². The summed E-state index contributed by atoms with van der Waals surface area (Å²) in [5, 5.41) is 0. The van der Waals surface area contributed by atoms with E-state index in [0.29, 0.717) is 0 Å². The second kappa shape index (κ2) is 5.38. The summed E-state index contributed by atoms with van der Waals surface area (Å²) in [6.07, 6.45) is -1.98. The van der Waals surface area contributed by atoms with Crippen LogP contribution in [0, 0.1) is 5.82 Å². The molecule has 2 atom stereocenters. The van der Waals surface area contributed by atoms with Crippen molar-refractivity contribution in [3.63, 3.8) is 0 Å². The highest BCUT2D eigenvalue weighted by Crippen LogP contribution is 2.38. The summed E-state index contributed by atoms with van der Waals surface area (Å²) in [5.41, 5.74) is 0.210. The van der Waals surface area contributed by atoms with Crippen LogP contribution in [0.5, 0.6) is 0 Å². The van der Waals surface area contributed by atoms with Crippen LogP contribution in [-0.2, 0) is 24.0 Å². The van der Waals surface area contributed by atoms with Gasteiger partial charge < -0.3 is 9.47 Å². The van der Waals surface area contributed by atoms with Crippen molar-refractivity contribution in [2.24, 2.45) is 0 Å². The van der Waals surface area contributed by atoms with Crippen molar-refractivity contribution in [2.45, 2.75) is 32.0 Å². The summed E-state index contributed by atoms with van der Waals surface area (Å²) in [4.78, 5) is 0. The first kappa shape index (κ1) is 15.3. The van der Waals surface area contributed by atoms with Crippen molar-refractivity contribution in [1.82, 2.24) is 4.72 Å². The fraction of sp³-hybridized carbons (Fsp3) is 0.500. The normalized spacial score (nSPS) is 25.8. The quantitative estimate of drug-likeness (QED) is 0.911. The van der Waals surface area contributed by atoms with Gasteiger partial charge >= 0.3 is 10.3 Å². The Labute approximate surface area is 117 Å². The van der Waals surface area contributed by atoms with E-state index in [-0.39, 0.29) is 5.56 Å². The molecule has 0 aliphatic carbocycles. The maximum absolute atomic E-state index is 13.8. The molecular formula is C12H16FNO5S. The van der Waals surface area contributed by atoms with Gasteiger partial charge in [-0.1, -0.05) is 18.2 Å². The van der Waals surface area contributed by atoms with Gasteiger partial charge in [-0.25, -0.2) is 4.39 Å². The first-order valence-corrected chi connectivity index (χ1v) is 7.33. The van der Waals surface area contributed by atoms with Gasteiger partial charge in [-0.2, -0.15) is 13.1 Å². The van der Waals surface area contributed by atoms with Crippen molar-refractivity contribution in [1.29, 1.82) is 0 Å². The second-order valence-corrected chi connectivity index (χ2v) is 6.21. The van der Waals surface area contributed by atoms with E-state index in [4.69, 9.17) is 9.47 Å². The Morgan fingerprint density at radius 1 is 1.30 bits per heavy atom. The second-order valence-electron chi connectivity index (χ2n) is 4.74. The Morgan fingerprint density at radius 2 is 1.95 bits per heavy atom. The molecule has 6 nitrogen and oxygen atoms in total. The van der Waals surface area contributed by atoms with Gasteiger partial charge in [0.05, 0.1) is 7.11 Å². The number of hydrogen-bond donors (Lipinski definition) is 1. The lowest BCUT2D eigenvalue weighted by molar-refractivity contribution is -0.147. The Hall–Kier alpha value is -1.06. The Bertz CT molecular complexity index is 589. The van der Waals surface area contributed by atoms with E-state index in [9.17, 15) is 12.8 Å². The monoisotopic (exact) mass is 305 g/mol. The van der Waals surface area contributed by atoms with E-state index in [1.807, 2.05) is 0 Å². The minimum atomic E-state index is -3.98. The van der Waals surface area contributed by atoms with Crippen molar-refractivity contribution < 1.29 is 26.5 Å². The summed E-state index contributed by atoms with van der Waals surface area (Å²) in [7, 11) is -2.97. The molecule has 0 saturated carbocycles. The van der Waals surface area contributed by atoms with E-state index in [1.165, 1.54) is 18.2 Å². The zero-order valence-electron chi connectivity index (χ0n) is 11.3. The fourth-order valence-corrected chi connectivity index (χ4v) is 2.52. The van der Waals surface area contributed by atoms with Crippen molar-refractivity contribution in [3.05, 3.63) is 35.6 Å². The zero-order chi connectivity index (χ0) is 15.0. The van der Waals surface area contributed by atoms with Gasteiger partial charge in [0.15, 0.2) is 12.0 Å². The molecule has 112 valence electrons. The van der Waals surface area contributed by atoms with Crippen LogP contribution >= 0.6 is 0 Å². The lowest BCUT2D eigenvalue weighted by Crippen LogP contribution is -2.39. The predicted octanol–water partition coefficient (Wildman–Crippen LogP) is 1.46. The molecule has 0 aromatic heterocycles. The van der Waals surface area contributed by atoms with E-state index in [0.717, 1.165) is 7.11 Å². The lowest BCUT2D eigenvalue weighted by atomic mass is 10.1. The van der Waals surface area contributed by atoms with Crippen molar-refractivity contribution in [2.75, 3.05) is 7.11 Å². The molecule has 1 aromatic carbocycles. The molecule has 0 spiro atoms. The smallest absolute Gasteiger partial charge is 0.337 e. The highest BCUT2D eigenvalue weighted by molar-refractivity contribution is 7.84. The standard InChI is InChI=1S/C12H16FNO5S/c1-12(2)18-10(8-6-4-5-7-9(8)13)11(19-12)14-20(15,16)17-3/h4-7,10-11,14H,1-3H3/t10-,11-/m1/s1. The van der Waals surface area contributed by atoms with Gasteiger partial charge in [0.25, 0.3) is 0 Å².